The van der Waals surface area contributed by atoms with Crippen molar-refractivity contribution in [2.45, 2.75) is 30.1 Å². The Labute approximate surface area is 188 Å². The number of rotatable bonds is 6. The van der Waals surface area contributed by atoms with E-state index in [-0.39, 0.29) is 31.2 Å². The molecule has 0 radical (unpaired) electrons. The molecule has 1 unspecified atom stereocenters. The van der Waals surface area contributed by atoms with Crippen LogP contribution in [0.5, 0.6) is 6.01 Å². The molecule has 32 heavy (non-hydrogen) atoms. The van der Waals surface area contributed by atoms with E-state index < -0.39 is 18.3 Å². The molecule has 0 spiro atoms. The lowest BCUT2D eigenvalue weighted by Crippen LogP contribution is -2.49. The number of imidazole rings is 1. The standard InChI is InChI=1S/C22H24ClN3O6/c23-15-6-16-20(26-21(24-16)32-14-5-17(29)18(7-27)31-8-14)25-19(15)12-1-3-13(4-2-12)22(9-28)10-30-11-22/h1-4,6,14,17-18,27-29H,5,7-11H2,(H,24,25,26)/t14-,17+,18?/m1/s1. The lowest BCUT2D eigenvalue weighted by Gasteiger charge is -2.40. The normalized spacial score (nSPS) is 24.9. The van der Waals surface area contributed by atoms with Gasteiger partial charge in [0.15, 0.2) is 5.65 Å². The Kier molecular flexibility index (Phi) is 5.79. The summed E-state index contributed by atoms with van der Waals surface area (Å²) >= 11 is 6.50. The highest BCUT2D eigenvalue weighted by Gasteiger charge is 2.39. The van der Waals surface area contributed by atoms with E-state index in [1.54, 1.807) is 6.07 Å². The van der Waals surface area contributed by atoms with E-state index in [1.165, 1.54) is 0 Å². The summed E-state index contributed by atoms with van der Waals surface area (Å²) in [5.74, 6) is 0. The molecule has 170 valence electrons. The summed E-state index contributed by atoms with van der Waals surface area (Å²) < 4.78 is 16.5. The van der Waals surface area contributed by atoms with Crippen LogP contribution in [0.25, 0.3) is 22.4 Å². The van der Waals surface area contributed by atoms with Gasteiger partial charge in [-0.2, -0.15) is 4.98 Å². The van der Waals surface area contributed by atoms with Crippen molar-refractivity contribution in [1.82, 2.24) is 15.0 Å². The molecule has 1 aromatic carbocycles. The summed E-state index contributed by atoms with van der Waals surface area (Å²) in [5.41, 5.74) is 3.19. The number of aromatic amines is 1. The van der Waals surface area contributed by atoms with Crippen LogP contribution in [0.3, 0.4) is 0 Å². The van der Waals surface area contributed by atoms with Gasteiger partial charge >= 0.3 is 0 Å². The fraction of sp³-hybridized carbons (Fsp3) is 0.455. The van der Waals surface area contributed by atoms with Gasteiger partial charge in [-0.3, -0.25) is 0 Å². The van der Waals surface area contributed by atoms with Gasteiger partial charge in [0.2, 0.25) is 0 Å². The molecule has 4 N–H and O–H groups in total. The summed E-state index contributed by atoms with van der Waals surface area (Å²) in [7, 11) is 0. The van der Waals surface area contributed by atoms with Crippen molar-refractivity contribution in [1.29, 1.82) is 0 Å². The van der Waals surface area contributed by atoms with Crippen LogP contribution in [0.4, 0.5) is 0 Å². The third-order valence-corrected chi connectivity index (χ3v) is 6.41. The van der Waals surface area contributed by atoms with Gasteiger partial charge in [0.1, 0.15) is 12.2 Å². The molecule has 0 amide bonds. The van der Waals surface area contributed by atoms with E-state index in [0.717, 1.165) is 11.1 Å². The second-order valence-electron chi connectivity index (χ2n) is 8.34. The maximum atomic E-state index is 10.0. The predicted molar refractivity (Wildman–Crippen MR) is 116 cm³/mol. The lowest BCUT2D eigenvalue weighted by molar-refractivity contribution is -0.131. The smallest absolute Gasteiger partial charge is 0.296 e. The number of nitrogens with one attached hydrogen (secondary N) is 1. The monoisotopic (exact) mass is 461 g/mol. The molecule has 0 aliphatic carbocycles. The number of hydrogen-bond donors (Lipinski definition) is 4. The Morgan fingerprint density at radius 3 is 2.59 bits per heavy atom. The van der Waals surface area contributed by atoms with Gasteiger partial charge in [-0.15, -0.1) is 0 Å². The number of pyridine rings is 1. The maximum Gasteiger partial charge on any atom is 0.296 e. The van der Waals surface area contributed by atoms with Gasteiger partial charge in [0.25, 0.3) is 6.01 Å². The first-order valence-electron chi connectivity index (χ1n) is 10.4. The number of benzene rings is 1. The molecule has 2 aliphatic rings. The molecular weight excluding hydrogens is 438 g/mol. The summed E-state index contributed by atoms with van der Waals surface area (Å²) in [4.78, 5) is 12.1. The Balaban J connectivity index is 1.36. The first-order valence-corrected chi connectivity index (χ1v) is 10.8. The number of fused-ring (bicyclic) bond motifs is 1. The lowest BCUT2D eigenvalue weighted by atomic mass is 9.79. The highest BCUT2D eigenvalue weighted by molar-refractivity contribution is 6.33. The Bertz CT molecular complexity index is 1100. The molecule has 2 saturated heterocycles. The minimum atomic E-state index is -0.804. The molecular formula is C22H24ClN3O6. The molecule has 2 fully saturated rings. The molecule has 3 aromatic rings. The van der Waals surface area contributed by atoms with Gasteiger partial charge in [-0.05, 0) is 11.6 Å². The minimum Gasteiger partial charge on any atom is -0.459 e. The first-order chi connectivity index (χ1) is 15.5. The van der Waals surface area contributed by atoms with Crippen LogP contribution in [-0.4, -0.2) is 81.6 Å². The van der Waals surface area contributed by atoms with Gasteiger partial charge in [0, 0.05) is 12.0 Å². The van der Waals surface area contributed by atoms with Crippen LogP contribution >= 0.6 is 11.6 Å². The van der Waals surface area contributed by atoms with Crippen LogP contribution in [0, 0.1) is 0 Å². The quantitative estimate of drug-likeness (QED) is 0.433. The molecule has 2 aromatic heterocycles. The van der Waals surface area contributed by atoms with Crippen molar-refractivity contribution in [3.05, 3.63) is 40.9 Å². The highest BCUT2D eigenvalue weighted by atomic mass is 35.5. The molecule has 5 rings (SSSR count). The average Bonchev–Trinajstić information content (AvgIpc) is 3.14. The van der Waals surface area contributed by atoms with Crippen LogP contribution in [0.1, 0.15) is 12.0 Å². The molecule has 9 nitrogen and oxygen atoms in total. The number of ether oxygens (including phenoxy) is 3. The summed E-state index contributed by atoms with van der Waals surface area (Å²) in [6, 6.07) is 9.78. The van der Waals surface area contributed by atoms with Crippen LogP contribution in [0.15, 0.2) is 30.3 Å². The predicted octanol–water partition coefficient (Wildman–Crippen LogP) is 1.43. The van der Waals surface area contributed by atoms with Crippen molar-refractivity contribution in [2.75, 3.05) is 33.0 Å². The number of aliphatic hydroxyl groups excluding tert-OH is 3. The SMILES string of the molecule is OCC1OC[C@H](Oc2nc3nc(-c4ccc(C5(CO)COC5)cc4)c(Cl)cc3[nH]2)C[C@@H]1O. The van der Waals surface area contributed by atoms with Crippen molar-refractivity contribution in [3.8, 4) is 17.3 Å². The second-order valence-corrected chi connectivity index (χ2v) is 8.74. The van der Waals surface area contributed by atoms with Crippen molar-refractivity contribution in [3.63, 3.8) is 0 Å². The van der Waals surface area contributed by atoms with Crippen molar-refractivity contribution >= 4 is 22.8 Å². The van der Waals surface area contributed by atoms with Crippen LogP contribution in [-0.2, 0) is 14.9 Å². The van der Waals surface area contributed by atoms with E-state index >= 15 is 0 Å². The number of hydrogen-bond acceptors (Lipinski definition) is 8. The van der Waals surface area contributed by atoms with E-state index in [2.05, 4.69) is 15.0 Å². The molecule has 2 aliphatic heterocycles. The largest absolute Gasteiger partial charge is 0.459 e. The second kappa shape index (κ2) is 8.58. The topological polar surface area (TPSA) is 130 Å². The van der Waals surface area contributed by atoms with E-state index in [4.69, 9.17) is 25.8 Å². The fourth-order valence-electron chi connectivity index (χ4n) is 4.08. The zero-order valence-corrected chi connectivity index (χ0v) is 18.0. The van der Waals surface area contributed by atoms with Gasteiger partial charge < -0.3 is 34.5 Å². The van der Waals surface area contributed by atoms with Crippen LogP contribution in [0.2, 0.25) is 5.02 Å². The molecule has 0 saturated carbocycles. The Morgan fingerprint density at radius 2 is 1.97 bits per heavy atom. The average molecular weight is 462 g/mol. The number of aliphatic hydroxyl groups is 3. The van der Waals surface area contributed by atoms with Gasteiger partial charge in [-0.1, -0.05) is 35.9 Å². The third kappa shape index (κ3) is 3.85. The zero-order chi connectivity index (χ0) is 22.3. The third-order valence-electron chi connectivity index (χ3n) is 6.12. The van der Waals surface area contributed by atoms with Crippen molar-refractivity contribution in [2.24, 2.45) is 0 Å². The summed E-state index contributed by atoms with van der Waals surface area (Å²) in [5, 5.41) is 29.4. The summed E-state index contributed by atoms with van der Waals surface area (Å²) in [6.45, 7) is 1.06. The number of nitrogens with zero attached hydrogens (tertiary/aromatic N) is 2. The molecule has 4 heterocycles. The van der Waals surface area contributed by atoms with Gasteiger partial charge in [0.05, 0.1) is 60.8 Å². The van der Waals surface area contributed by atoms with Crippen molar-refractivity contribution < 1.29 is 29.5 Å². The summed E-state index contributed by atoms with van der Waals surface area (Å²) in [6.07, 6.45) is -1.47. The minimum absolute atomic E-state index is 0.0388. The zero-order valence-electron chi connectivity index (χ0n) is 17.2. The first kappa shape index (κ1) is 21.6. The van der Waals surface area contributed by atoms with E-state index in [0.29, 0.717) is 41.5 Å². The van der Waals surface area contributed by atoms with E-state index in [1.807, 2.05) is 24.3 Å². The molecule has 3 atom stereocenters. The highest BCUT2D eigenvalue weighted by Crippen LogP contribution is 2.35. The number of aromatic nitrogens is 3. The fourth-order valence-corrected chi connectivity index (χ4v) is 4.34. The van der Waals surface area contributed by atoms with Crippen LogP contribution < -0.4 is 4.74 Å². The maximum absolute atomic E-state index is 10.0. The van der Waals surface area contributed by atoms with Gasteiger partial charge in [-0.25, -0.2) is 4.98 Å². The van der Waals surface area contributed by atoms with E-state index in [9.17, 15) is 15.3 Å². The Hall–Kier alpha value is -2.27. The Morgan fingerprint density at radius 1 is 1.19 bits per heavy atom. The number of H-pyrrole nitrogens is 1. The molecule has 10 heteroatoms. The molecule has 0 bridgehead atoms. The number of halogens is 1.